The highest BCUT2D eigenvalue weighted by Gasteiger charge is 2.52. The summed E-state index contributed by atoms with van der Waals surface area (Å²) in [6.45, 7) is 3.02. The second-order valence-electron chi connectivity index (χ2n) is 8.32. The first kappa shape index (κ1) is 25.7. The SMILES string of the molecule is Cc1ccc(C(=O)N(C)CCCOc2ccc(S(=O)(=O)C3(C(=O)NO)CCOCC3)cc2)cc1. The van der Waals surface area contributed by atoms with Crippen LogP contribution in [-0.2, 0) is 19.4 Å². The zero-order chi connectivity index (χ0) is 24.8. The third kappa shape index (κ3) is 5.40. The standard InChI is InChI=1S/C24H30N2O7S/c1-18-4-6-19(7-5-18)22(27)26(2)14-3-15-33-20-8-10-21(11-9-20)34(30,31)24(23(28)25-29)12-16-32-17-13-24/h4-11,29H,3,12-17H2,1-2H3,(H,25,28). The number of ether oxygens (including phenoxy) is 2. The van der Waals surface area contributed by atoms with Gasteiger partial charge in [-0.25, -0.2) is 13.9 Å². The largest absolute Gasteiger partial charge is 0.494 e. The molecule has 1 aliphatic heterocycles. The van der Waals surface area contributed by atoms with Gasteiger partial charge in [-0.2, -0.15) is 0 Å². The molecule has 2 amide bonds. The highest BCUT2D eigenvalue weighted by Crippen LogP contribution is 2.35. The predicted molar refractivity (Wildman–Crippen MR) is 125 cm³/mol. The number of carbonyl (C=O) groups is 2. The number of nitrogens with one attached hydrogen (secondary N) is 1. The van der Waals surface area contributed by atoms with E-state index in [2.05, 4.69) is 0 Å². The maximum atomic E-state index is 13.2. The topological polar surface area (TPSA) is 122 Å². The lowest BCUT2D eigenvalue weighted by Gasteiger charge is -2.34. The number of aryl methyl sites for hydroxylation is 1. The molecule has 9 nitrogen and oxygen atoms in total. The van der Waals surface area contributed by atoms with E-state index in [4.69, 9.17) is 14.7 Å². The number of amides is 2. The Morgan fingerprint density at radius 3 is 2.29 bits per heavy atom. The van der Waals surface area contributed by atoms with E-state index < -0.39 is 20.5 Å². The summed E-state index contributed by atoms with van der Waals surface area (Å²) in [6.07, 6.45) is 0.498. The quantitative estimate of drug-likeness (QED) is 0.314. The van der Waals surface area contributed by atoms with Crippen molar-refractivity contribution in [3.63, 3.8) is 0 Å². The van der Waals surface area contributed by atoms with Gasteiger partial charge in [-0.1, -0.05) is 17.7 Å². The van der Waals surface area contributed by atoms with Gasteiger partial charge >= 0.3 is 0 Å². The van der Waals surface area contributed by atoms with Crippen molar-refractivity contribution in [1.82, 2.24) is 10.4 Å². The van der Waals surface area contributed by atoms with E-state index in [1.54, 1.807) is 24.1 Å². The fourth-order valence-corrected chi connectivity index (χ4v) is 5.81. The van der Waals surface area contributed by atoms with Gasteiger partial charge in [0.1, 0.15) is 5.75 Å². The van der Waals surface area contributed by atoms with E-state index >= 15 is 0 Å². The summed E-state index contributed by atoms with van der Waals surface area (Å²) in [7, 11) is -2.35. The lowest BCUT2D eigenvalue weighted by Crippen LogP contribution is -2.54. The summed E-state index contributed by atoms with van der Waals surface area (Å²) < 4.78 is 35.6. The Balaban J connectivity index is 1.56. The van der Waals surface area contributed by atoms with Crippen molar-refractivity contribution < 1.29 is 32.7 Å². The minimum atomic E-state index is -4.08. The molecule has 3 rings (SSSR count). The Labute approximate surface area is 199 Å². The molecule has 2 aromatic carbocycles. The molecule has 0 saturated carbocycles. The van der Waals surface area contributed by atoms with Crippen molar-refractivity contribution in [3.05, 3.63) is 59.7 Å². The van der Waals surface area contributed by atoms with Crippen LogP contribution < -0.4 is 10.2 Å². The summed E-state index contributed by atoms with van der Waals surface area (Å²) in [4.78, 5) is 26.4. The van der Waals surface area contributed by atoms with Crippen LogP contribution in [0.15, 0.2) is 53.4 Å². The number of hydroxylamine groups is 1. The van der Waals surface area contributed by atoms with Crippen LogP contribution in [0.3, 0.4) is 0 Å². The smallest absolute Gasteiger partial charge is 0.265 e. The molecule has 0 atom stereocenters. The molecule has 2 N–H and O–H groups in total. The maximum Gasteiger partial charge on any atom is 0.265 e. The molecule has 0 spiro atoms. The molecule has 1 aliphatic rings. The molecule has 2 aromatic rings. The fraction of sp³-hybridized carbons (Fsp3) is 0.417. The van der Waals surface area contributed by atoms with E-state index in [0.717, 1.165) is 5.56 Å². The number of sulfone groups is 1. The molecule has 0 aliphatic carbocycles. The monoisotopic (exact) mass is 490 g/mol. The average Bonchev–Trinajstić information content (AvgIpc) is 2.86. The van der Waals surface area contributed by atoms with Gasteiger partial charge < -0.3 is 14.4 Å². The lowest BCUT2D eigenvalue weighted by molar-refractivity contribution is -0.134. The van der Waals surface area contributed by atoms with Gasteiger partial charge in [0.05, 0.1) is 11.5 Å². The van der Waals surface area contributed by atoms with Crippen LogP contribution in [0.1, 0.15) is 35.2 Å². The number of carbonyl (C=O) groups excluding carboxylic acids is 2. The molecule has 0 unspecified atom stereocenters. The van der Waals surface area contributed by atoms with Crippen molar-refractivity contribution in [1.29, 1.82) is 0 Å². The second-order valence-corrected chi connectivity index (χ2v) is 10.6. The van der Waals surface area contributed by atoms with Gasteiger partial charge in [0.15, 0.2) is 14.6 Å². The van der Waals surface area contributed by atoms with Crippen LogP contribution in [0.2, 0.25) is 0 Å². The zero-order valence-electron chi connectivity index (χ0n) is 19.3. The van der Waals surface area contributed by atoms with Gasteiger partial charge in [0, 0.05) is 32.4 Å². The van der Waals surface area contributed by atoms with Gasteiger partial charge in [0.25, 0.3) is 11.8 Å². The van der Waals surface area contributed by atoms with E-state index in [1.165, 1.54) is 29.7 Å². The summed E-state index contributed by atoms with van der Waals surface area (Å²) in [6, 6.07) is 13.2. The molecule has 0 bridgehead atoms. The van der Waals surface area contributed by atoms with E-state index in [0.29, 0.717) is 30.9 Å². The molecule has 34 heavy (non-hydrogen) atoms. The summed E-state index contributed by atoms with van der Waals surface area (Å²) in [5, 5.41) is 9.13. The third-order valence-electron chi connectivity index (χ3n) is 6.02. The minimum Gasteiger partial charge on any atom is -0.494 e. The van der Waals surface area contributed by atoms with Crippen LogP contribution in [-0.4, -0.2) is 68.5 Å². The Hall–Kier alpha value is -2.95. The highest BCUT2D eigenvalue weighted by atomic mass is 32.2. The Morgan fingerprint density at radius 2 is 1.71 bits per heavy atom. The first-order valence-corrected chi connectivity index (χ1v) is 12.5. The van der Waals surface area contributed by atoms with Gasteiger partial charge in [0.2, 0.25) is 0 Å². The maximum absolute atomic E-state index is 13.2. The molecular formula is C24H30N2O7S. The number of hydrogen-bond acceptors (Lipinski definition) is 7. The first-order valence-electron chi connectivity index (χ1n) is 11.0. The summed E-state index contributed by atoms with van der Waals surface area (Å²) >= 11 is 0. The Morgan fingerprint density at radius 1 is 1.09 bits per heavy atom. The zero-order valence-corrected chi connectivity index (χ0v) is 20.1. The third-order valence-corrected chi connectivity index (χ3v) is 8.53. The van der Waals surface area contributed by atoms with Gasteiger partial charge in [-0.15, -0.1) is 0 Å². The average molecular weight is 491 g/mol. The van der Waals surface area contributed by atoms with Crippen LogP contribution in [0, 0.1) is 6.92 Å². The number of nitrogens with zero attached hydrogens (tertiary/aromatic N) is 1. The molecule has 184 valence electrons. The van der Waals surface area contributed by atoms with E-state index in [1.807, 2.05) is 19.1 Å². The normalized spacial score (nSPS) is 15.4. The molecule has 0 aromatic heterocycles. The van der Waals surface area contributed by atoms with Crippen LogP contribution in [0.25, 0.3) is 0 Å². The summed E-state index contributed by atoms with van der Waals surface area (Å²) in [5.41, 5.74) is 3.22. The van der Waals surface area contributed by atoms with Crippen LogP contribution >= 0.6 is 0 Å². The highest BCUT2D eigenvalue weighted by molar-refractivity contribution is 7.93. The molecule has 10 heteroatoms. The van der Waals surface area contributed by atoms with Crippen LogP contribution in [0.5, 0.6) is 5.75 Å². The molecule has 1 fully saturated rings. The minimum absolute atomic E-state index is 0.0335. The van der Waals surface area contributed by atoms with Crippen LogP contribution in [0.4, 0.5) is 0 Å². The molecule has 1 heterocycles. The second kappa shape index (κ2) is 11.0. The number of rotatable bonds is 9. The number of benzene rings is 2. The summed E-state index contributed by atoms with van der Waals surface area (Å²) in [5.74, 6) is -0.553. The van der Waals surface area contributed by atoms with Crippen molar-refractivity contribution in [2.45, 2.75) is 35.8 Å². The lowest BCUT2D eigenvalue weighted by atomic mass is 9.98. The van der Waals surface area contributed by atoms with E-state index in [9.17, 15) is 18.0 Å². The molecule has 1 saturated heterocycles. The predicted octanol–water partition coefficient (Wildman–Crippen LogP) is 2.36. The fourth-order valence-electron chi connectivity index (χ4n) is 3.87. The van der Waals surface area contributed by atoms with Gasteiger partial charge in [-0.05, 0) is 62.6 Å². The van der Waals surface area contributed by atoms with Crippen molar-refractivity contribution >= 4 is 21.7 Å². The Kier molecular flexibility index (Phi) is 8.29. The van der Waals surface area contributed by atoms with Crippen molar-refractivity contribution in [2.24, 2.45) is 0 Å². The van der Waals surface area contributed by atoms with Crippen molar-refractivity contribution in [3.8, 4) is 5.75 Å². The van der Waals surface area contributed by atoms with Crippen molar-refractivity contribution in [2.75, 3.05) is 33.4 Å². The molecular weight excluding hydrogens is 460 g/mol. The van der Waals surface area contributed by atoms with E-state index in [-0.39, 0.29) is 36.9 Å². The molecule has 0 radical (unpaired) electrons. The van der Waals surface area contributed by atoms with Gasteiger partial charge in [-0.3, -0.25) is 14.8 Å². The Bertz CT molecular complexity index is 1090. The first-order chi connectivity index (χ1) is 16.2. The number of hydrogen-bond donors (Lipinski definition) is 2.